The third-order valence-corrected chi connectivity index (χ3v) is 3.49. The Morgan fingerprint density at radius 1 is 1.23 bits per heavy atom. The molecular formula is C17H17ClN4. The molecule has 0 unspecified atom stereocenters. The molecule has 0 aliphatic heterocycles. The first-order chi connectivity index (χ1) is 10.7. The van der Waals surface area contributed by atoms with E-state index in [-0.39, 0.29) is 0 Å². The van der Waals surface area contributed by atoms with Crippen molar-refractivity contribution < 1.29 is 0 Å². The molecular weight excluding hydrogens is 296 g/mol. The molecule has 1 N–H and O–H groups in total. The van der Waals surface area contributed by atoms with Crippen molar-refractivity contribution in [3.05, 3.63) is 59.1 Å². The van der Waals surface area contributed by atoms with Crippen LogP contribution >= 0.6 is 11.6 Å². The number of nitriles is 1. The highest BCUT2D eigenvalue weighted by atomic mass is 35.5. The monoisotopic (exact) mass is 312 g/mol. The summed E-state index contributed by atoms with van der Waals surface area (Å²) in [6.07, 6.45) is 2.25. The Morgan fingerprint density at radius 2 is 1.95 bits per heavy atom. The number of nitrogens with zero attached hydrogens (tertiary/aromatic N) is 3. The molecule has 0 saturated carbocycles. The minimum Gasteiger partial charge on any atom is -0.374 e. The number of hydrogen-bond acceptors (Lipinski definition) is 4. The molecule has 0 amide bonds. The van der Waals surface area contributed by atoms with Crippen molar-refractivity contribution in [3.63, 3.8) is 0 Å². The van der Waals surface area contributed by atoms with Crippen molar-refractivity contribution in [2.75, 3.05) is 23.9 Å². The second-order valence-electron chi connectivity index (χ2n) is 4.77. The first-order valence-electron chi connectivity index (χ1n) is 6.92. The lowest BCUT2D eigenvalue weighted by atomic mass is 10.2. The van der Waals surface area contributed by atoms with Gasteiger partial charge in [0.1, 0.15) is 0 Å². The van der Waals surface area contributed by atoms with Gasteiger partial charge in [-0.2, -0.15) is 10.4 Å². The summed E-state index contributed by atoms with van der Waals surface area (Å²) >= 11 is 6.04. The van der Waals surface area contributed by atoms with Gasteiger partial charge in [0.25, 0.3) is 0 Å². The van der Waals surface area contributed by atoms with Gasteiger partial charge in [-0.05, 0) is 29.8 Å². The highest BCUT2D eigenvalue weighted by molar-refractivity contribution is 6.33. The zero-order valence-corrected chi connectivity index (χ0v) is 13.1. The lowest BCUT2D eigenvalue weighted by Crippen LogP contribution is -2.17. The zero-order chi connectivity index (χ0) is 15.8. The summed E-state index contributed by atoms with van der Waals surface area (Å²) in [7, 11) is 1.97. The third kappa shape index (κ3) is 4.51. The van der Waals surface area contributed by atoms with Gasteiger partial charge in [-0.3, -0.25) is 5.43 Å². The second-order valence-corrected chi connectivity index (χ2v) is 5.18. The Bertz CT molecular complexity index is 674. The SMILES string of the molecule is CN(CCC#N)c1ccc(/C=N\Nc2ccccc2Cl)cc1. The molecule has 0 saturated heterocycles. The maximum absolute atomic E-state index is 8.61. The van der Waals surface area contributed by atoms with Crippen LogP contribution in [0.25, 0.3) is 0 Å². The molecule has 0 radical (unpaired) electrons. The lowest BCUT2D eigenvalue weighted by Gasteiger charge is -2.17. The van der Waals surface area contributed by atoms with Gasteiger partial charge in [-0.1, -0.05) is 35.9 Å². The molecule has 5 heteroatoms. The molecule has 0 aliphatic rings. The van der Waals surface area contributed by atoms with E-state index in [1.54, 1.807) is 6.21 Å². The van der Waals surface area contributed by atoms with E-state index < -0.39 is 0 Å². The Labute approximate surface area is 135 Å². The zero-order valence-electron chi connectivity index (χ0n) is 12.3. The summed E-state index contributed by atoms with van der Waals surface area (Å²) < 4.78 is 0. The number of hydrogen-bond donors (Lipinski definition) is 1. The van der Waals surface area contributed by atoms with Crippen molar-refractivity contribution in [3.8, 4) is 6.07 Å². The van der Waals surface area contributed by atoms with Gasteiger partial charge in [0, 0.05) is 19.3 Å². The van der Waals surface area contributed by atoms with Gasteiger partial charge in [-0.15, -0.1) is 0 Å². The molecule has 2 rings (SSSR count). The topological polar surface area (TPSA) is 51.4 Å². The van der Waals surface area contributed by atoms with E-state index in [1.807, 2.05) is 60.5 Å². The fourth-order valence-corrected chi connectivity index (χ4v) is 2.07. The van der Waals surface area contributed by atoms with E-state index in [1.165, 1.54) is 0 Å². The maximum Gasteiger partial charge on any atom is 0.0748 e. The highest BCUT2D eigenvalue weighted by Crippen LogP contribution is 2.20. The smallest absolute Gasteiger partial charge is 0.0748 e. The fourth-order valence-electron chi connectivity index (χ4n) is 1.89. The number of para-hydroxylation sites is 1. The van der Waals surface area contributed by atoms with Gasteiger partial charge < -0.3 is 4.90 Å². The van der Waals surface area contributed by atoms with Crippen LogP contribution in [0.5, 0.6) is 0 Å². The minimum atomic E-state index is 0.515. The molecule has 112 valence electrons. The normalized spacial score (nSPS) is 10.4. The van der Waals surface area contributed by atoms with Crippen LogP contribution in [-0.2, 0) is 0 Å². The van der Waals surface area contributed by atoms with Crippen LogP contribution in [0.15, 0.2) is 53.6 Å². The molecule has 0 atom stereocenters. The summed E-state index contributed by atoms with van der Waals surface area (Å²) in [5.41, 5.74) is 5.75. The molecule has 0 aliphatic carbocycles. The van der Waals surface area contributed by atoms with Gasteiger partial charge in [0.15, 0.2) is 0 Å². The molecule has 0 heterocycles. The van der Waals surface area contributed by atoms with Crippen LogP contribution in [0.2, 0.25) is 5.02 Å². The average molecular weight is 313 g/mol. The minimum absolute atomic E-state index is 0.515. The predicted molar refractivity (Wildman–Crippen MR) is 92.6 cm³/mol. The Morgan fingerprint density at radius 3 is 2.64 bits per heavy atom. The number of hydrazone groups is 1. The van der Waals surface area contributed by atoms with Gasteiger partial charge >= 0.3 is 0 Å². The standard InChI is InChI=1S/C17H17ClN4/c1-22(12-4-11-19)15-9-7-14(8-10-15)13-20-21-17-6-3-2-5-16(17)18/h2-3,5-10,13,21H,4,12H2,1H3/b20-13-. The van der Waals surface area contributed by atoms with Crippen molar-refractivity contribution >= 4 is 29.2 Å². The Hall–Kier alpha value is -2.51. The Kier molecular flexibility index (Phi) is 5.81. The van der Waals surface area contributed by atoms with Crippen LogP contribution in [0.1, 0.15) is 12.0 Å². The predicted octanol–water partition coefficient (Wildman–Crippen LogP) is 4.14. The van der Waals surface area contributed by atoms with Gasteiger partial charge in [-0.25, -0.2) is 0 Å². The quantitative estimate of drug-likeness (QED) is 0.644. The van der Waals surface area contributed by atoms with Crippen LogP contribution in [0.4, 0.5) is 11.4 Å². The molecule has 4 nitrogen and oxygen atoms in total. The number of halogens is 1. The molecule has 2 aromatic rings. The van der Waals surface area contributed by atoms with E-state index in [0.29, 0.717) is 11.4 Å². The van der Waals surface area contributed by atoms with Crippen molar-refractivity contribution in [1.82, 2.24) is 0 Å². The number of rotatable bonds is 6. The van der Waals surface area contributed by atoms with Crippen molar-refractivity contribution in [2.24, 2.45) is 5.10 Å². The van der Waals surface area contributed by atoms with Gasteiger partial charge in [0.05, 0.1) is 29.4 Å². The van der Waals surface area contributed by atoms with E-state index >= 15 is 0 Å². The molecule has 0 aromatic heterocycles. The van der Waals surface area contributed by atoms with Crippen molar-refractivity contribution in [1.29, 1.82) is 5.26 Å². The Balaban J connectivity index is 1.95. The number of benzene rings is 2. The highest BCUT2D eigenvalue weighted by Gasteiger charge is 2.00. The van der Waals surface area contributed by atoms with Crippen LogP contribution < -0.4 is 10.3 Å². The third-order valence-electron chi connectivity index (χ3n) is 3.17. The molecule has 2 aromatic carbocycles. The first kappa shape index (κ1) is 15.9. The fraction of sp³-hybridized carbons (Fsp3) is 0.176. The lowest BCUT2D eigenvalue weighted by molar-refractivity contribution is 0.905. The molecule has 0 fully saturated rings. The maximum atomic E-state index is 8.61. The van der Waals surface area contributed by atoms with E-state index in [0.717, 1.165) is 23.5 Å². The van der Waals surface area contributed by atoms with Gasteiger partial charge in [0.2, 0.25) is 0 Å². The first-order valence-corrected chi connectivity index (χ1v) is 7.30. The summed E-state index contributed by atoms with van der Waals surface area (Å²) in [6.45, 7) is 0.720. The van der Waals surface area contributed by atoms with E-state index in [2.05, 4.69) is 16.6 Å². The largest absolute Gasteiger partial charge is 0.374 e. The summed E-state index contributed by atoms with van der Waals surface area (Å²) in [5.74, 6) is 0. The van der Waals surface area contributed by atoms with Crippen LogP contribution in [-0.4, -0.2) is 19.8 Å². The molecule has 0 spiro atoms. The molecule has 22 heavy (non-hydrogen) atoms. The molecule has 0 bridgehead atoms. The summed E-state index contributed by atoms with van der Waals surface area (Å²) in [5, 5.41) is 13.4. The van der Waals surface area contributed by atoms with E-state index in [4.69, 9.17) is 16.9 Å². The van der Waals surface area contributed by atoms with Crippen molar-refractivity contribution in [2.45, 2.75) is 6.42 Å². The average Bonchev–Trinajstić information content (AvgIpc) is 2.55. The summed E-state index contributed by atoms with van der Waals surface area (Å²) in [4.78, 5) is 2.05. The number of nitrogens with one attached hydrogen (secondary N) is 1. The van der Waals surface area contributed by atoms with Crippen LogP contribution in [0.3, 0.4) is 0 Å². The van der Waals surface area contributed by atoms with Crippen LogP contribution in [0, 0.1) is 11.3 Å². The summed E-state index contributed by atoms with van der Waals surface area (Å²) in [6, 6.07) is 17.6. The second kappa shape index (κ2) is 8.06. The van der Waals surface area contributed by atoms with E-state index in [9.17, 15) is 0 Å². The number of anilines is 2.